The fourth-order valence-electron chi connectivity index (χ4n) is 6.78. The molecule has 3 heterocycles. The van der Waals surface area contributed by atoms with Gasteiger partial charge in [-0.1, -0.05) is 115 Å². The topological polar surface area (TPSA) is 74.3 Å². The van der Waals surface area contributed by atoms with Gasteiger partial charge in [0.1, 0.15) is 11.0 Å². The maximum absolute atomic E-state index is 5.17. The lowest BCUT2D eigenvalue weighted by Gasteiger charge is -2.12. The van der Waals surface area contributed by atoms with Crippen LogP contribution in [0.4, 0.5) is 0 Å². The molecule has 0 radical (unpaired) electrons. The van der Waals surface area contributed by atoms with Crippen molar-refractivity contribution in [2.75, 3.05) is 0 Å². The molecule has 7 nitrogen and oxygen atoms in total. The van der Waals surface area contributed by atoms with E-state index in [1.807, 2.05) is 66.7 Å². The Labute approximate surface area is 274 Å². The van der Waals surface area contributed by atoms with E-state index in [-0.39, 0.29) is 0 Å². The number of hydrogen-bond donors (Lipinski definition) is 0. The Balaban J connectivity index is 1.23. The Bertz CT molecular complexity index is 2780. The van der Waals surface area contributed by atoms with Crippen LogP contribution in [-0.2, 0) is 0 Å². The van der Waals surface area contributed by atoms with Crippen LogP contribution >= 0.6 is 0 Å². The first-order valence-electron chi connectivity index (χ1n) is 15.9. The summed E-state index contributed by atoms with van der Waals surface area (Å²) in [5, 5.41) is 16.4. The van der Waals surface area contributed by atoms with Crippen molar-refractivity contribution < 1.29 is 0 Å². The maximum Gasteiger partial charge on any atom is 0.238 e. The molecule has 0 spiro atoms. The average Bonchev–Trinajstić information content (AvgIpc) is 3.75. The molecule has 48 heavy (non-hydrogen) atoms. The molecule has 10 rings (SSSR count). The second-order valence-corrected chi connectivity index (χ2v) is 11.9. The number of benzene rings is 7. The number of para-hydroxylation sites is 3. The number of rotatable bonds is 4. The SMILES string of the molecule is c1ccc(-c2nc(-c3ccc4ccc5ccc6nn(-c7ccccc7)nc6c5c4c3)nc(-n3c4ccccc4c4ccccc43)n2)cc1. The third-order valence-electron chi connectivity index (χ3n) is 9.03. The van der Waals surface area contributed by atoms with E-state index in [0.29, 0.717) is 17.6 Å². The van der Waals surface area contributed by atoms with Crippen LogP contribution in [0.1, 0.15) is 0 Å². The highest BCUT2D eigenvalue weighted by Crippen LogP contribution is 2.35. The van der Waals surface area contributed by atoms with Crippen molar-refractivity contribution in [3.63, 3.8) is 0 Å². The van der Waals surface area contributed by atoms with Crippen LogP contribution in [0.2, 0.25) is 0 Å². The van der Waals surface area contributed by atoms with E-state index in [9.17, 15) is 0 Å². The zero-order valence-electron chi connectivity index (χ0n) is 25.6. The van der Waals surface area contributed by atoms with E-state index in [4.69, 9.17) is 25.1 Å². The monoisotopic (exact) mass is 615 g/mol. The molecule has 0 amide bonds. The minimum atomic E-state index is 0.572. The van der Waals surface area contributed by atoms with E-state index in [2.05, 4.69) is 89.5 Å². The first-order chi connectivity index (χ1) is 23.8. The largest absolute Gasteiger partial charge is 0.278 e. The van der Waals surface area contributed by atoms with Gasteiger partial charge in [0.25, 0.3) is 0 Å². The summed E-state index contributed by atoms with van der Waals surface area (Å²) < 4.78 is 2.14. The number of fused-ring (bicyclic) bond motifs is 8. The van der Waals surface area contributed by atoms with Gasteiger partial charge in [0, 0.05) is 27.3 Å². The van der Waals surface area contributed by atoms with E-state index in [1.54, 1.807) is 4.80 Å². The van der Waals surface area contributed by atoms with Crippen LogP contribution in [0.25, 0.3) is 88.8 Å². The van der Waals surface area contributed by atoms with Crippen LogP contribution in [-0.4, -0.2) is 34.5 Å². The summed E-state index contributed by atoms with van der Waals surface area (Å²) in [7, 11) is 0. The van der Waals surface area contributed by atoms with Crippen molar-refractivity contribution in [3.05, 3.63) is 152 Å². The van der Waals surface area contributed by atoms with Crippen molar-refractivity contribution in [1.29, 1.82) is 0 Å². The fourth-order valence-corrected chi connectivity index (χ4v) is 6.78. The van der Waals surface area contributed by atoms with E-state index >= 15 is 0 Å². The molecule has 0 bridgehead atoms. The minimum absolute atomic E-state index is 0.572. The van der Waals surface area contributed by atoms with Gasteiger partial charge in [0.15, 0.2) is 11.6 Å². The molecular formula is C41H25N7. The van der Waals surface area contributed by atoms with Gasteiger partial charge in [0.2, 0.25) is 5.95 Å². The molecule has 0 aliphatic heterocycles. The summed E-state index contributed by atoms with van der Waals surface area (Å²) in [4.78, 5) is 17.0. The van der Waals surface area contributed by atoms with Gasteiger partial charge >= 0.3 is 0 Å². The molecule has 3 aromatic heterocycles. The average molecular weight is 616 g/mol. The molecule has 0 aliphatic rings. The summed E-state index contributed by atoms with van der Waals surface area (Å²) in [6, 6.07) is 51.8. The first kappa shape index (κ1) is 26.5. The second kappa shape index (κ2) is 10.4. The van der Waals surface area contributed by atoms with Gasteiger partial charge in [0.05, 0.1) is 16.7 Å². The molecule has 0 aliphatic carbocycles. The highest BCUT2D eigenvalue weighted by atomic mass is 15.5. The molecular weight excluding hydrogens is 591 g/mol. The third-order valence-corrected chi connectivity index (χ3v) is 9.03. The van der Waals surface area contributed by atoms with Crippen LogP contribution < -0.4 is 0 Å². The molecule has 0 saturated heterocycles. The van der Waals surface area contributed by atoms with Crippen LogP contribution in [0.15, 0.2) is 152 Å². The number of hydrogen-bond acceptors (Lipinski definition) is 5. The Morgan fingerprint density at radius 2 is 1.04 bits per heavy atom. The normalized spacial score (nSPS) is 11.8. The van der Waals surface area contributed by atoms with Crippen molar-refractivity contribution in [2.45, 2.75) is 0 Å². The standard InChI is InChI=1S/C41H25N7/c1-3-11-28(12-4-1)39-42-40(44-41(43-39)47-35-17-9-7-15-31(35)32-16-8-10-18-36(32)47)29-22-20-26-19-21-27-23-24-34-38(37(27)33(26)25-29)46-48(45-34)30-13-5-2-6-14-30/h1-25H. The van der Waals surface area contributed by atoms with Gasteiger partial charge in [-0.3, -0.25) is 4.57 Å². The predicted molar refractivity (Wildman–Crippen MR) is 192 cm³/mol. The second-order valence-electron chi connectivity index (χ2n) is 11.9. The molecule has 0 unspecified atom stereocenters. The van der Waals surface area contributed by atoms with Crippen molar-refractivity contribution in [1.82, 2.24) is 34.5 Å². The number of nitrogens with zero attached hydrogens (tertiary/aromatic N) is 7. The van der Waals surface area contributed by atoms with Crippen molar-refractivity contribution in [2.24, 2.45) is 0 Å². The van der Waals surface area contributed by atoms with Crippen molar-refractivity contribution in [3.8, 4) is 34.4 Å². The highest BCUT2D eigenvalue weighted by molar-refractivity contribution is 6.18. The summed E-state index contributed by atoms with van der Waals surface area (Å²) in [5.74, 6) is 1.78. The van der Waals surface area contributed by atoms with E-state index < -0.39 is 0 Å². The molecule has 0 atom stereocenters. The molecule has 7 heteroatoms. The summed E-state index contributed by atoms with van der Waals surface area (Å²) >= 11 is 0. The van der Waals surface area contributed by atoms with Gasteiger partial charge < -0.3 is 0 Å². The fraction of sp³-hybridized carbons (Fsp3) is 0. The van der Waals surface area contributed by atoms with Crippen LogP contribution in [0, 0.1) is 0 Å². The summed E-state index contributed by atoms with van der Waals surface area (Å²) in [5.41, 5.74) is 6.51. The molecule has 224 valence electrons. The first-order valence-corrected chi connectivity index (χ1v) is 15.9. The van der Waals surface area contributed by atoms with Crippen molar-refractivity contribution >= 4 is 54.4 Å². The van der Waals surface area contributed by atoms with E-state index in [1.165, 1.54) is 0 Å². The summed E-state index contributed by atoms with van der Waals surface area (Å²) in [6.45, 7) is 0. The lowest BCUT2D eigenvalue weighted by Crippen LogP contribution is -2.06. The lowest BCUT2D eigenvalue weighted by molar-refractivity contribution is 0.766. The number of aromatic nitrogens is 7. The van der Waals surface area contributed by atoms with Gasteiger partial charge in [-0.05, 0) is 52.6 Å². The Kier molecular flexibility index (Phi) is 5.74. The minimum Gasteiger partial charge on any atom is -0.278 e. The maximum atomic E-state index is 5.17. The molecule has 7 aromatic carbocycles. The lowest BCUT2D eigenvalue weighted by atomic mass is 9.98. The predicted octanol–water partition coefficient (Wildman–Crippen LogP) is 9.34. The Morgan fingerprint density at radius 1 is 0.438 bits per heavy atom. The zero-order chi connectivity index (χ0) is 31.6. The highest BCUT2D eigenvalue weighted by Gasteiger charge is 2.18. The third kappa shape index (κ3) is 4.11. The molecule has 10 aromatic rings. The van der Waals surface area contributed by atoms with Crippen LogP contribution in [0.3, 0.4) is 0 Å². The van der Waals surface area contributed by atoms with E-state index in [0.717, 1.165) is 71.2 Å². The molecule has 0 saturated carbocycles. The van der Waals surface area contributed by atoms with Gasteiger partial charge in [-0.15, -0.1) is 10.2 Å². The summed E-state index contributed by atoms with van der Waals surface area (Å²) in [6.07, 6.45) is 0. The molecule has 0 N–H and O–H groups in total. The Morgan fingerprint density at radius 3 is 1.79 bits per heavy atom. The van der Waals surface area contributed by atoms with Gasteiger partial charge in [-0.25, -0.2) is 4.98 Å². The van der Waals surface area contributed by atoms with Gasteiger partial charge in [-0.2, -0.15) is 14.8 Å². The molecule has 0 fully saturated rings. The van der Waals surface area contributed by atoms with Crippen LogP contribution in [0.5, 0.6) is 0 Å². The zero-order valence-corrected chi connectivity index (χ0v) is 25.6. The quantitative estimate of drug-likeness (QED) is 0.185. The smallest absolute Gasteiger partial charge is 0.238 e. The Hall–Kier alpha value is -6.73.